The van der Waals surface area contributed by atoms with Gasteiger partial charge in [0.2, 0.25) is 0 Å². The van der Waals surface area contributed by atoms with Crippen molar-refractivity contribution in [3.8, 4) is 11.1 Å². The monoisotopic (exact) mass is 434 g/mol. The van der Waals surface area contributed by atoms with Gasteiger partial charge in [-0.25, -0.2) is 4.98 Å². The molecular weight excluding hydrogens is 411 g/mol. The van der Waals surface area contributed by atoms with Gasteiger partial charge >= 0.3 is 0 Å². The van der Waals surface area contributed by atoms with E-state index in [1.54, 1.807) is 17.8 Å². The maximum absolute atomic E-state index is 6.55. The molecule has 2 heterocycles. The minimum absolute atomic E-state index is 0.617. The van der Waals surface area contributed by atoms with Crippen molar-refractivity contribution < 1.29 is 0 Å². The highest BCUT2D eigenvalue weighted by Crippen LogP contribution is 2.40. The topological polar surface area (TPSA) is 33.4 Å². The zero-order valence-corrected chi connectivity index (χ0v) is 18.7. The van der Waals surface area contributed by atoms with Crippen LogP contribution in [0.3, 0.4) is 0 Å². The van der Waals surface area contributed by atoms with Crippen molar-refractivity contribution in [1.29, 1.82) is 0 Å². The van der Waals surface area contributed by atoms with Crippen LogP contribution in [-0.4, -0.2) is 33.9 Å². The third-order valence-electron chi connectivity index (χ3n) is 5.05. The van der Waals surface area contributed by atoms with Crippen molar-refractivity contribution in [1.82, 2.24) is 14.6 Å². The molecule has 0 unspecified atom stereocenters. The second kappa shape index (κ2) is 8.13. The summed E-state index contributed by atoms with van der Waals surface area (Å²) in [5.41, 5.74) is 3.72. The molecule has 0 radical (unpaired) electrons. The Labute approximate surface area is 180 Å². The second-order valence-electron chi connectivity index (χ2n) is 7.39. The first-order valence-electron chi connectivity index (χ1n) is 9.66. The fraction of sp³-hybridized carbons (Fsp3) is 0.429. The largest absolute Gasteiger partial charge is 0.356 e. The molecule has 0 spiro atoms. The summed E-state index contributed by atoms with van der Waals surface area (Å²) in [5.74, 6) is 1.92. The van der Waals surface area contributed by atoms with Crippen molar-refractivity contribution in [3.05, 3.63) is 40.0 Å². The molecule has 0 aliphatic heterocycles. The molecular formula is C21H24Cl2N4S. The number of benzene rings is 1. The summed E-state index contributed by atoms with van der Waals surface area (Å²) in [4.78, 5) is 7.31. The summed E-state index contributed by atoms with van der Waals surface area (Å²) < 4.78 is 2.00. The lowest BCUT2D eigenvalue weighted by Gasteiger charge is -2.25. The van der Waals surface area contributed by atoms with Crippen LogP contribution in [0.25, 0.3) is 16.8 Å². The highest BCUT2D eigenvalue weighted by atomic mass is 35.5. The molecule has 1 aromatic carbocycles. The van der Waals surface area contributed by atoms with Crippen LogP contribution in [0.4, 0.5) is 5.82 Å². The first-order chi connectivity index (χ1) is 13.5. The first-order valence-corrected chi connectivity index (χ1v) is 11.6. The van der Waals surface area contributed by atoms with Gasteiger partial charge in [0.25, 0.3) is 0 Å². The number of aryl methyl sites for hydroxylation is 1. The number of anilines is 1. The van der Waals surface area contributed by atoms with Gasteiger partial charge in [-0.05, 0) is 50.5 Å². The van der Waals surface area contributed by atoms with E-state index >= 15 is 0 Å². The van der Waals surface area contributed by atoms with Crippen molar-refractivity contribution in [2.24, 2.45) is 5.92 Å². The molecule has 3 aromatic rings. The molecule has 0 saturated heterocycles. The van der Waals surface area contributed by atoms with Crippen LogP contribution >= 0.6 is 35.0 Å². The third kappa shape index (κ3) is 3.85. The second-order valence-corrected chi connectivity index (χ2v) is 9.03. The summed E-state index contributed by atoms with van der Waals surface area (Å²) in [6.45, 7) is 6.36. The first kappa shape index (κ1) is 19.9. The number of aromatic nitrogens is 3. The zero-order chi connectivity index (χ0) is 19.8. The lowest BCUT2D eigenvalue weighted by molar-refractivity contribution is 0.681. The van der Waals surface area contributed by atoms with Gasteiger partial charge in [0.05, 0.1) is 10.6 Å². The summed E-state index contributed by atoms with van der Waals surface area (Å²) in [6, 6.07) is 7.75. The maximum atomic E-state index is 6.55. The predicted molar refractivity (Wildman–Crippen MR) is 120 cm³/mol. The summed E-state index contributed by atoms with van der Waals surface area (Å²) >= 11 is 14.3. The summed E-state index contributed by atoms with van der Waals surface area (Å²) in [7, 11) is 0. The Balaban J connectivity index is 1.93. The normalized spacial score (nSPS) is 14.0. The van der Waals surface area contributed by atoms with Crippen LogP contribution in [0.5, 0.6) is 0 Å². The van der Waals surface area contributed by atoms with E-state index in [0.717, 1.165) is 58.7 Å². The Hall–Kier alpha value is -1.43. The molecule has 1 aliphatic carbocycles. The highest BCUT2D eigenvalue weighted by molar-refractivity contribution is 7.98. The molecule has 4 nitrogen and oxygen atoms in total. The van der Waals surface area contributed by atoms with Gasteiger partial charge in [0.15, 0.2) is 5.65 Å². The molecule has 0 bridgehead atoms. The standard InChI is InChI=1S/C21H24Cl2N4S/c1-4-9-26(12-14-5-6-14)18-10-13(2)24-20-19(21(28-3)25-27(18)20)16-8-7-15(22)11-17(16)23/h7-8,10-11,14H,4-6,9,12H2,1-3H3. The van der Waals surface area contributed by atoms with Gasteiger partial charge in [0.1, 0.15) is 10.8 Å². The fourth-order valence-corrected chi connectivity index (χ4v) is 4.65. The van der Waals surface area contributed by atoms with Crippen molar-refractivity contribution in [2.75, 3.05) is 24.2 Å². The van der Waals surface area contributed by atoms with Crippen molar-refractivity contribution in [3.63, 3.8) is 0 Å². The van der Waals surface area contributed by atoms with E-state index in [2.05, 4.69) is 17.9 Å². The summed E-state index contributed by atoms with van der Waals surface area (Å²) in [5, 5.41) is 7.09. The third-order valence-corrected chi connectivity index (χ3v) is 6.27. The predicted octanol–water partition coefficient (Wildman–Crippen LogP) is 6.36. The van der Waals surface area contributed by atoms with Gasteiger partial charge in [0, 0.05) is 35.4 Å². The minimum atomic E-state index is 0.617. The van der Waals surface area contributed by atoms with Crippen molar-refractivity contribution >= 4 is 46.4 Å². The van der Waals surface area contributed by atoms with Crippen molar-refractivity contribution in [2.45, 2.75) is 38.1 Å². The number of thioether (sulfide) groups is 1. The van der Waals surface area contributed by atoms with Crippen LogP contribution in [0.2, 0.25) is 10.0 Å². The average Bonchev–Trinajstić information content (AvgIpc) is 3.40. The Morgan fingerprint density at radius 3 is 2.68 bits per heavy atom. The molecule has 0 atom stereocenters. The number of hydrogen-bond donors (Lipinski definition) is 0. The van der Waals surface area contributed by atoms with Crippen LogP contribution in [0, 0.1) is 12.8 Å². The van der Waals surface area contributed by atoms with Gasteiger partial charge in [-0.1, -0.05) is 36.2 Å². The van der Waals surface area contributed by atoms with E-state index in [1.165, 1.54) is 12.8 Å². The molecule has 4 rings (SSSR count). The Kier molecular flexibility index (Phi) is 5.77. The zero-order valence-electron chi connectivity index (χ0n) is 16.4. The van der Waals surface area contributed by atoms with Crippen LogP contribution in [0.1, 0.15) is 31.9 Å². The van der Waals surface area contributed by atoms with E-state index < -0.39 is 0 Å². The van der Waals surface area contributed by atoms with E-state index in [0.29, 0.717) is 10.0 Å². The van der Waals surface area contributed by atoms with E-state index in [1.807, 2.05) is 29.8 Å². The Bertz CT molecular complexity index is 1010. The van der Waals surface area contributed by atoms with Crippen LogP contribution in [0.15, 0.2) is 29.3 Å². The number of hydrogen-bond acceptors (Lipinski definition) is 4. The molecule has 148 valence electrons. The lowest BCUT2D eigenvalue weighted by Crippen LogP contribution is -2.29. The molecule has 1 saturated carbocycles. The fourth-order valence-electron chi connectivity index (χ4n) is 3.58. The number of halogens is 2. The molecule has 1 aliphatic rings. The molecule has 2 aromatic heterocycles. The quantitative estimate of drug-likeness (QED) is 0.405. The highest BCUT2D eigenvalue weighted by Gasteiger charge is 2.27. The lowest BCUT2D eigenvalue weighted by atomic mass is 10.1. The van der Waals surface area contributed by atoms with E-state index in [4.69, 9.17) is 33.3 Å². The van der Waals surface area contributed by atoms with Gasteiger partial charge in [-0.2, -0.15) is 9.61 Å². The number of fused-ring (bicyclic) bond motifs is 1. The average molecular weight is 435 g/mol. The van der Waals surface area contributed by atoms with E-state index in [9.17, 15) is 0 Å². The van der Waals surface area contributed by atoms with Crippen LogP contribution in [-0.2, 0) is 0 Å². The SMILES string of the molecule is CCCN(CC1CC1)c1cc(C)nc2c(-c3ccc(Cl)cc3Cl)c(SC)nn12. The van der Waals surface area contributed by atoms with E-state index in [-0.39, 0.29) is 0 Å². The number of rotatable bonds is 7. The maximum Gasteiger partial charge on any atom is 0.166 e. The molecule has 1 fully saturated rings. The van der Waals surface area contributed by atoms with Gasteiger partial charge < -0.3 is 4.90 Å². The summed E-state index contributed by atoms with van der Waals surface area (Å²) in [6.07, 6.45) is 5.79. The van der Waals surface area contributed by atoms with Crippen LogP contribution < -0.4 is 4.90 Å². The Morgan fingerprint density at radius 2 is 2.04 bits per heavy atom. The molecule has 0 N–H and O–H groups in total. The number of nitrogens with zero attached hydrogens (tertiary/aromatic N) is 4. The molecule has 28 heavy (non-hydrogen) atoms. The molecule has 7 heteroatoms. The minimum Gasteiger partial charge on any atom is -0.356 e. The Morgan fingerprint density at radius 1 is 1.25 bits per heavy atom. The van der Waals surface area contributed by atoms with Gasteiger partial charge in [-0.15, -0.1) is 11.8 Å². The smallest absolute Gasteiger partial charge is 0.166 e. The van der Waals surface area contributed by atoms with Gasteiger partial charge in [-0.3, -0.25) is 0 Å². The molecule has 0 amide bonds.